The van der Waals surface area contributed by atoms with E-state index in [1.807, 2.05) is 0 Å². The Hall–Kier alpha value is -0.950. The van der Waals surface area contributed by atoms with E-state index in [2.05, 4.69) is 5.32 Å². The molecule has 17 heavy (non-hydrogen) atoms. The number of piperidine rings is 1. The smallest absolute Gasteiger partial charge is 0.314 e. The molecule has 2 atom stereocenters. The highest BCUT2D eigenvalue weighted by molar-refractivity contribution is 5.72. The minimum absolute atomic E-state index is 0.0266. The van der Waals surface area contributed by atoms with Gasteiger partial charge in [0, 0.05) is 25.7 Å². The van der Waals surface area contributed by atoms with Gasteiger partial charge in [0.2, 0.25) is 0 Å². The number of hydrogen-bond acceptors (Lipinski definition) is 3. The van der Waals surface area contributed by atoms with Crippen LogP contribution in [-0.2, 0) is 0 Å². The van der Waals surface area contributed by atoms with Crippen LogP contribution >= 0.6 is 0 Å². The average molecular weight is 251 g/mol. The summed E-state index contributed by atoms with van der Waals surface area (Å²) in [4.78, 5) is 12.5. The van der Waals surface area contributed by atoms with E-state index in [1.165, 1.54) is 4.90 Å². The molecule has 0 radical (unpaired) electrons. The second-order valence-corrected chi connectivity index (χ2v) is 4.35. The number of halogens is 2. The first kappa shape index (κ1) is 14.1. The van der Waals surface area contributed by atoms with Crippen LogP contribution in [0.2, 0.25) is 0 Å². The second kappa shape index (κ2) is 6.70. The van der Waals surface area contributed by atoms with E-state index in [0.717, 1.165) is 0 Å². The first-order valence-corrected chi connectivity index (χ1v) is 5.69. The standard InChI is InChI=1S/C10H19F2N3O2/c11-9(12)4-14-8-3-7(1-2-16)5-15(6-8)10(13)17/h7-9,14,16H,1-6H2,(H2,13,17). The Labute approximate surface area is 99.0 Å². The number of nitrogens with two attached hydrogens (primary N) is 1. The fourth-order valence-electron chi connectivity index (χ4n) is 2.18. The largest absolute Gasteiger partial charge is 0.396 e. The molecule has 1 saturated heterocycles. The lowest BCUT2D eigenvalue weighted by atomic mass is 9.92. The Kier molecular flexibility index (Phi) is 5.57. The minimum atomic E-state index is -2.41. The predicted octanol–water partition coefficient (Wildman–Crippen LogP) is -0.00730. The molecule has 0 saturated carbocycles. The lowest BCUT2D eigenvalue weighted by Gasteiger charge is -2.37. The van der Waals surface area contributed by atoms with Gasteiger partial charge >= 0.3 is 6.03 Å². The van der Waals surface area contributed by atoms with E-state index in [4.69, 9.17) is 10.8 Å². The van der Waals surface area contributed by atoms with Crippen LogP contribution in [0, 0.1) is 5.92 Å². The lowest BCUT2D eigenvalue weighted by molar-refractivity contribution is 0.111. The molecule has 1 aliphatic rings. The van der Waals surface area contributed by atoms with Gasteiger partial charge in [-0.1, -0.05) is 0 Å². The number of urea groups is 1. The van der Waals surface area contributed by atoms with E-state index in [-0.39, 0.29) is 25.1 Å². The zero-order chi connectivity index (χ0) is 12.8. The van der Waals surface area contributed by atoms with Crippen molar-refractivity contribution < 1.29 is 18.7 Å². The first-order chi connectivity index (χ1) is 8.02. The summed E-state index contributed by atoms with van der Waals surface area (Å²) < 4.78 is 24.2. The van der Waals surface area contributed by atoms with E-state index in [9.17, 15) is 13.6 Å². The van der Waals surface area contributed by atoms with Gasteiger partial charge in [0.1, 0.15) is 0 Å². The number of carbonyl (C=O) groups is 1. The number of alkyl halides is 2. The summed E-state index contributed by atoms with van der Waals surface area (Å²) in [5, 5.41) is 11.6. The van der Waals surface area contributed by atoms with Gasteiger partial charge in [-0.25, -0.2) is 13.6 Å². The number of nitrogens with one attached hydrogen (secondary N) is 1. The molecule has 2 unspecified atom stereocenters. The van der Waals surface area contributed by atoms with Crippen LogP contribution in [0.5, 0.6) is 0 Å². The van der Waals surface area contributed by atoms with Gasteiger partial charge in [-0.05, 0) is 18.8 Å². The highest BCUT2D eigenvalue weighted by atomic mass is 19.3. The molecule has 4 N–H and O–H groups in total. The summed E-state index contributed by atoms with van der Waals surface area (Å²) in [5.41, 5.74) is 5.19. The van der Waals surface area contributed by atoms with Crippen LogP contribution in [0.15, 0.2) is 0 Å². The van der Waals surface area contributed by atoms with E-state index in [1.54, 1.807) is 0 Å². The highest BCUT2D eigenvalue weighted by Crippen LogP contribution is 2.19. The average Bonchev–Trinajstić information content (AvgIpc) is 2.26. The molecule has 2 amide bonds. The fraction of sp³-hybridized carbons (Fsp3) is 0.900. The number of primary amides is 1. The van der Waals surface area contributed by atoms with Crippen molar-refractivity contribution in [3.63, 3.8) is 0 Å². The molecule has 7 heteroatoms. The second-order valence-electron chi connectivity index (χ2n) is 4.35. The normalized spacial score (nSPS) is 25.3. The molecule has 100 valence electrons. The summed E-state index contributed by atoms with van der Waals surface area (Å²) >= 11 is 0. The van der Waals surface area contributed by atoms with Crippen LogP contribution in [0.3, 0.4) is 0 Å². The maximum Gasteiger partial charge on any atom is 0.314 e. The number of nitrogens with zero attached hydrogens (tertiary/aromatic N) is 1. The van der Waals surface area contributed by atoms with Crippen molar-refractivity contribution >= 4 is 6.03 Å². The molecule has 0 spiro atoms. The van der Waals surface area contributed by atoms with Gasteiger partial charge in [-0.2, -0.15) is 0 Å². The van der Waals surface area contributed by atoms with Crippen molar-refractivity contribution in [3.05, 3.63) is 0 Å². The quantitative estimate of drug-likeness (QED) is 0.643. The van der Waals surface area contributed by atoms with Crippen molar-refractivity contribution in [1.29, 1.82) is 0 Å². The van der Waals surface area contributed by atoms with Crippen molar-refractivity contribution in [2.75, 3.05) is 26.2 Å². The predicted molar refractivity (Wildman–Crippen MR) is 58.8 cm³/mol. The molecule has 0 aromatic rings. The van der Waals surface area contributed by atoms with Crippen LogP contribution in [-0.4, -0.2) is 54.7 Å². The van der Waals surface area contributed by atoms with Crippen LogP contribution in [0.25, 0.3) is 0 Å². The number of aliphatic hydroxyl groups is 1. The maximum atomic E-state index is 12.1. The van der Waals surface area contributed by atoms with Crippen molar-refractivity contribution in [1.82, 2.24) is 10.2 Å². The number of likely N-dealkylation sites (tertiary alicyclic amines) is 1. The Bertz CT molecular complexity index is 254. The first-order valence-electron chi connectivity index (χ1n) is 5.69. The van der Waals surface area contributed by atoms with Crippen molar-refractivity contribution in [2.45, 2.75) is 25.3 Å². The van der Waals surface area contributed by atoms with E-state index in [0.29, 0.717) is 25.9 Å². The van der Waals surface area contributed by atoms with E-state index >= 15 is 0 Å². The molecule has 1 heterocycles. The Balaban J connectivity index is 2.49. The van der Waals surface area contributed by atoms with Gasteiger partial charge in [0.25, 0.3) is 6.43 Å². The van der Waals surface area contributed by atoms with Crippen LogP contribution in [0.1, 0.15) is 12.8 Å². The Morgan fingerprint density at radius 3 is 2.76 bits per heavy atom. The van der Waals surface area contributed by atoms with Gasteiger partial charge in [0.15, 0.2) is 0 Å². The lowest BCUT2D eigenvalue weighted by Crippen LogP contribution is -2.53. The third-order valence-electron chi connectivity index (χ3n) is 2.95. The molecule has 1 rings (SSSR count). The number of rotatable bonds is 5. The van der Waals surface area contributed by atoms with Gasteiger partial charge in [-0.3, -0.25) is 0 Å². The Morgan fingerprint density at radius 1 is 1.53 bits per heavy atom. The molecule has 5 nitrogen and oxygen atoms in total. The number of amides is 2. The minimum Gasteiger partial charge on any atom is -0.396 e. The molecule has 1 fully saturated rings. The summed E-state index contributed by atoms with van der Waals surface area (Å²) in [6.45, 7) is 0.481. The van der Waals surface area contributed by atoms with Crippen molar-refractivity contribution in [2.24, 2.45) is 11.7 Å². The molecule has 0 aliphatic carbocycles. The summed E-state index contributed by atoms with van der Waals surface area (Å²) in [7, 11) is 0. The molecular formula is C10H19F2N3O2. The SMILES string of the molecule is NC(=O)N1CC(CCO)CC(NCC(F)F)C1. The zero-order valence-electron chi connectivity index (χ0n) is 9.61. The third-order valence-corrected chi connectivity index (χ3v) is 2.95. The van der Waals surface area contributed by atoms with Crippen LogP contribution in [0.4, 0.5) is 13.6 Å². The molecule has 1 aliphatic heterocycles. The molecule has 0 bridgehead atoms. The molecule has 0 aromatic heterocycles. The third kappa shape index (κ3) is 4.82. The topological polar surface area (TPSA) is 78.6 Å². The highest BCUT2D eigenvalue weighted by Gasteiger charge is 2.28. The number of hydrogen-bond donors (Lipinski definition) is 3. The van der Waals surface area contributed by atoms with E-state index < -0.39 is 12.5 Å². The van der Waals surface area contributed by atoms with Gasteiger partial charge < -0.3 is 21.1 Å². The zero-order valence-corrected chi connectivity index (χ0v) is 9.61. The summed E-state index contributed by atoms with van der Waals surface area (Å²) in [5.74, 6) is 0.108. The monoisotopic (exact) mass is 251 g/mol. The Morgan fingerprint density at radius 2 is 2.24 bits per heavy atom. The van der Waals surface area contributed by atoms with Gasteiger partial charge in [0.05, 0.1) is 6.54 Å². The number of carbonyl (C=O) groups excluding carboxylic acids is 1. The molecule has 0 aromatic carbocycles. The maximum absolute atomic E-state index is 12.1. The number of aliphatic hydroxyl groups excluding tert-OH is 1. The summed E-state index contributed by atoms with van der Waals surface area (Å²) in [6, 6.07) is -0.724. The molecular weight excluding hydrogens is 232 g/mol. The van der Waals surface area contributed by atoms with Crippen LogP contribution < -0.4 is 11.1 Å². The fourth-order valence-corrected chi connectivity index (χ4v) is 2.18. The summed E-state index contributed by atoms with van der Waals surface area (Å²) in [6.07, 6.45) is -1.18. The van der Waals surface area contributed by atoms with Crippen molar-refractivity contribution in [3.8, 4) is 0 Å². The van der Waals surface area contributed by atoms with Gasteiger partial charge in [-0.15, -0.1) is 0 Å².